The standard InChI is InChI=1S/C33H40ClN5O4/c34-26-8-3-23(4-9-26)21-43-27-10-12-28-25(19-27)7-11-29-30(28)36-33(35)37-31(29)39-15-13-38(14-16-39)17-18-42-20-22-1-5-24(6-2-22)32(40)41/h3-4,8-10,12,19,22,24H,1-2,5-7,11,13-18,20-21H2,(H,40,41)(H2,35,36,37). The van der Waals surface area contributed by atoms with Gasteiger partial charge in [-0.05, 0) is 85.9 Å². The first-order valence-corrected chi connectivity index (χ1v) is 15.8. The Balaban J connectivity index is 1.02. The van der Waals surface area contributed by atoms with Gasteiger partial charge < -0.3 is 25.2 Å². The third kappa shape index (κ3) is 7.22. The molecule has 2 aromatic carbocycles. The molecule has 2 fully saturated rings. The average Bonchev–Trinajstić information content (AvgIpc) is 3.03. The van der Waals surface area contributed by atoms with Gasteiger partial charge in [0.15, 0.2) is 0 Å². The number of halogens is 1. The van der Waals surface area contributed by atoms with E-state index in [1.54, 1.807) is 0 Å². The molecule has 0 bridgehead atoms. The largest absolute Gasteiger partial charge is 0.489 e. The third-order valence-corrected chi connectivity index (χ3v) is 9.32. The molecule has 228 valence electrons. The lowest BCUT2D eigenvalue weighted by Crippen LogP contribution is -2.48. The topological polar surface area (TPSA) is 114 Å². The number of anilines is 2. The molecule has 9 nitrogen and oxygen atoms in total. The van der Waals surface area contributed by atoms with E-state index in [0.29, 0.717) is 30.1 Å². The van der Waals surface area contributed by atoms with E-state index >= 15 is 0 Å². The van der Waals surface area contributed by atoms with Gasteiger partial charge in [0.1, 0.15) is 18.2 Å². The van der Waals surface area contributed by atoms with E-state index in [1.807, 2.05) is 30.3 Å². The monoisotopic (exact) mass is 605 g/mol. The summed E-state index contributed by atoms with van der Waals surface area (Å²) in [6.45, 7) is 6.47. The van der Waals surface area contributed by atoms with Gasteiger partial charge in [0.05, 0.1) is 18.2 Å². The molecule has 0 spiro atoms. The van der Waals surface area contributed by atoms with Gasteiger partial charge in [-0.1, -0.05) is 23.7 Å². The van der Waals surface area contributed by atoms with Gasteiger partial charge in [0, 0.05) is 55.5 Å². The number of nitrogen functional groups attached to an aromatic ring is 1. The summed E-state index contributed by atoms with van der Waals surface area (Å²) in [5.41, 5.74) is 11.7. The molecule has 1 aromatic heterocycles. The van der Waals surface area contributed by atoms with E-state index in [-0.39, 0.29) is 5.92 Å². The molecule has 2 heterocycles. The third-order valence-electron chi connectivity index (χ3n) is 9.07. The van der Waals surface area contributed by atoms with Gasteiger partial charge in [0.2, 0.25) is 5.95 Å². The maximum absolute atomic E-state index is 11.2. The van der Waals surface area contributed by atoms with Gasteiger partial charge in [-0.3, -0.25) is 9.69 Å². The molecule has 10 heteroatoms. The van der Waals surface area contributed by atoms with Crippen molar-refractivity contribution in [3.63, 3.8) is 0 Å². The molecule has 6 rings (SSSR count). The van der Waals surface area contributed by atoms with Crippen molar-refractivity contribution in [3.8, 4) is 17.0 Å². The minimum Gasteiger partial charge on any atom is -0.489 e. The molecule has 1 saturated heterocycles. The van der Waals surface area contributed by atoms with Crippen molar-refractivity contribution in [2.45, 2.75) is 45.1 Å². The zero-order chi connectivity index (χ0) is 29.8. The lowest BCUT2D eigenvalue weighted by molar-refractivity contribution is -0.143. The number of aryl methyl sites for hydroxylation is 1. The van der Waals surface area contributed by atoms with E-state index in [1.165, 1.54) is 11.1 Å². The van der Waals surface area contributed by atoms with Crippen molar-refractivity contribution in [1.29, 1.82) is 0 Å². The van der Waals surface area contributed by atoms with Crippen LogP contribution >= 0.6 is 11.6 Å². The molecule has 3 N–H and O–H groups in total. The van der Waals surface area contributed by atoms with E-state index < -0.39 is 5.97 Å². The fourth-order valence-corrected chi connectivity index (χ4v) is 6.64. The summed E-state index contributed by atoms with van der Waals surface area (Å²) in [6, 6.07) is 13.9. The first-order chi connectivity index (χ1) is 20.9. The summed E-state index contributed by atoms with van der Waals surface area (Å²) in [7, 11) is 0. The Labute approximate surface area is 258 Å². The lowest BCUT2D eigenvalue weighted by atomic mass is 9.82. The quantitative estimate of drug-likeness (QED) is 0.305. The number of ether oxygens (including phenoxy) is 2. The van der Waals surface area contributed by atoms with Crippen molar-refractivity contribution < 1.29 is 19.4 Å². The number of nitrogens with zero attached hydrogens (tertiary/aromatic N) is 4. The minimum absolute atomic E-state index is 0.170. The summed E-state index contributed by atoms with van der Waals surface area (Å²) < 4.78 is 12.1. The van der Waals surface area contributed by atoms with Crippen LogP contribution in [0, 0.1) is 11.8 Å². The molecule has 0 amide bonds. The van der Waals surface area contributed by atoms with E-state index in [0.717, 1.165) is 106 Å². The zero-order valence-electron chi connectivity index (χ0n) is 24.5. The van der Waals surface area contributed by atoms with Crippen molar-refractivity contribution in [2.75, 3.05) is 56.6 Å². The van der Waals surface area contributed by atoms with Gasteiger partial charge in [-0.2, -0.15) is 4.98 Å². The second-order valence-electron chi connectivity index (χ2n) is 11.9. The number of carboxylic acids is 1. The number of benzene rings is 2. The van der Waals surface area contributed by atoms with Gasteiger partial charge in [-0.25, -0.2) is 4.98 Å². The molecule has 0 atom stereocenters. The highest BCUT2D eigenvalue weighted by Crippen LogP contribution is 2.38. The number of carbonyl (C=O) groups is 1. The van der Waals surface area contributed by atoms with Crippen molar-refractivity contribution >= 4 is 29.3 Å². The smallest absolute Gasteiger partial charge is 0.306 e. The fraction of sp³-hybridized carbons (Fsp3) is 0.485. The molecular weight excluding hydrogens is 566 g/mol. The fourth-order valence-electron chi connectivity index (χ4n) is 6.51. The van der Waals surface area contributed by atoms with Crippen LogP contribution < -0.4 is 15.4 Å². The van der Waals surface area contributed by atoms with Crippen molar-refractivity contribution in [1.82, 2.24) is 14.9 Å². The molecule has 0 unspecified atom stereocenters. The first-order valence-electron chi connectivity index (χ1n) is 15.4. The molecule has 0 radical (unpaired) electrons. The number of hydrogen-bond acceptors (Lipinski definition) is 8. The summed E-state index contributed by atoms with van der Waals surface area (Å²) in [5, 5.41) is 9.90. The number of rotatable bonds is 10. The van der Waals surface area contributed by atoms with Crippen LogP contribution in [0.5, 0.6) is 5.75 Å². The molecule has 1 aliphatic heterocycles. The van der Waals surface area contributed by atoms with Gasteiger partial charge in [-0.15, -0.1) is 0 Å². The van der Waals surface area contributed by atoms with Crippen LogP contribution in [0.4, 0.5) is 11.8 Å². The maximum atomic E-state index is 11.2. The predicted molar refractivity (Wildman–Crippen MR) is 168 cm³/mol. The van der Waals surface area contributed by atoms with Crippen LogP contribution in [0.25, 0.3) is 11.3 Å². The highest BCUT2D eigenvalue weighted by molar-refractivity contribution is 6.30. The zero-order valence-corrected chi connectivity index (χ0v) is 25.3. The molecule has 3 aromatic rings. The first kappa shape index (κ1) is 29.7. The predicted octanol–water partition coefficient (Wildman–Crippen LogP) is 5.09. The Hall–Kier alpha value is -3.40. The molecule has 1 saturated carbocycles. The number of aromatic nitrogens is 2. The van der Waals surface area contributed by atoms with E-state index in [4.69, 9.17) is 31.8 Å². The highest BCUT2D eigenvalue weighted by Gasteiger charge is 2.28. The number of hydrogen-bond donors (Lipinski definition) is 2. The van der Waals surface area contributed by atoms with Crippen molar-refractivity contribution in [2.24, 2.45) is 11.8 Å². The van der Waals surface area contributed by atoms with Crippen LogP contribution in [0.3, 0.4) is 0 Å². The molecular formula is C33H40ClN5O4. The minimum atomic E-state index is -0.653. The maximum Gasteiger partial charge on any atom is 0.306 e. The normalized spacial score (nSPS) is 20.3. The molecule has 2 aliphatic carbocycles. The number of piperazine rings is 1. The SMILES string of the molecule is Nc1nc2c(c(N3CCN(CCOCC4CCC(C(=O)O)CC4)CC3)n1)CCc1cc(OCc3ccc(Cl)cc3)ccc1-2. The Morgan fingerprint density at radius 2 is 1.77 bits per heavy atom. The van der Waals surface area contributed by atoms with Crippen LogP contribution in [-0.2, 0) is 29.0 Å². The van der Waals surface area contributed by atoms with Crippen LogP contribution in [0.1, 0.15) is 42.4 Å². The van der Waals surface area contributed by atoms with E-state index in [9.17, 15) is 9.90 Å². The highest BCUT2D eigenvalue weighted by atomic mass is 35.5. The number of carboxylic acid groups (broad SMARTS) is 1. The number of nitrogens with two attached hydrogens (primary N) is 1. The Morgan fingerprint density at radius 3 is 2.51 bits per heavy atom. The van der Waals surface area contributed by atoms with Crippen LogP contribution in [-0.4, -0.2) is 71.9 Å². The average molecular weight is 606 g/mol. The molecule has 43 heavy (non-hydrogen) atoms. The Bertz CT molecular complexity index is 1420. The summed E-state index contributed by atoms with van der Waals surface area (Å²) in [5.74, 6) is 1.77. The van der Waals surface area contributed by atoms with Crippen molar-refractivity contribution in [3.05, 3.63) is 64.2 Å². The second-order valence-corrected chi connectivity index (χ2v) is 12.4. The van der Waals surface area contributed by atoms with Gasteiger partial charge >= 0.3 is 5.97 Å². The number of fused-ring (bicyclic) bond motifs is 3. The summed E-state index contributed by atoms with van der Waals surface area (Å²) in [6.07, 6.45) is 5.21. The second kappa shape index (κ2) is 13.5. The summed E-state index contributed by atoms with van der Waals surface area (Å²) in [4.78, 5) is 25.4. The van der Waals surface area contributed by atoms with Crippen LogP contribution in [0.2, 0.25) is 5.02 Å². The summed E-state index contributed by atoms with van der Waals surface area (Å²) >= 11 is 6.00. The lowest BCUT2D eigenvalue weighted by Gasteiger charge is -2.37. The Kier molecular flexibility index (Phi) is 9.31. The Morgan fingerprint density at radius 1 is 1.00 bits per heavy atom. The van der Waals surface area contributed by atoms with E-state index in [2.05, 4.69) is 26.9 Å². The van der Waals surface area contributed by atoms with Gasteiger partial charge in [0.25, 0.3) is 0 Å². The number of aliphatic carboxylic acids is 1. The van der Waals surface area contributed by atoms with Crippen LogP contribution in [0.15, 0.2) is 42.5 Å². The molecule has 3 aliphatic rings.